The normalized spacial score (nSPS) is 28.4. The van der Waals surface area contributed by atoms with Crippen molar-refractivity contribution in [1.82, 2.24) is 30.1 Å². The fraction of sp³-hybridized carbons (Fsp3) is 0.576. The second kappa shape index (κ2) is 11.5. The number of fused-ring (bicyclic) bond motifs is 3. The standard InChI is InChI=1S/C33H44FN7O2/c1-19-16-41(17-20(2)36-19)32(37-28-14-23-13-26(21(28)3)33(23,4)5)39-29-10-9-25-30(38-29)35-18-40(31(25)42)12-11-22-7-8-24(43-6)15-27(22)34/h7-10,15,18-21,23,26,28,36H,11-14,16-17H2,1-6H3,(H,37,38,39)/t19-,20+,21-,23+,26+,28+/m1/s1. The summed E-state index contributed by atoms with van der Waals surface area (Å²) in [5.41, 5.74) is 1.07. The van der Waals surface area contributed by atoms with Crippen LogP contribution in [-0.2, 0) is 13.0 Å². The predicted octanol–water partition coefficient (Wildman–Crippen LogP) is 4.51. The number of rotatable bonds is 6. The monoisotopic (exact) mass is 589 g/mol. The maximum atomic E-state index is 14.4. The van der Waals surface area contributed by atoms with Crippen LogP contribution in [0.4, 0.5) is 10.2 Å². The molecular weight excluding hydrogens is 545 g/mol. The van der Waals surface area contributed by atoms with Crippen LogP contribution < -0.4 is 20.9 Å². The molecule has 43 heavy (non-hydrogen) atoms. The zero-order valence-corrected chi connectivity index (χ0v) is 26.1. The van der Waals surface area contributed by atoms with Crippen molar-refractivity contribution >= 4 is 22.8 Å². The Balaban J connectivity index is 1.25. The Morgan fingerprint density at radius 3 is 2.60 bits per heavy atom. The molecule has 1 aliphatic heterocycles. The lowest BCUT2D eigenvalue weighted by Crippen LogP contribution is -2.64. The molecule has 9 nitrogen and oxygen atoms in total. The third kappa shape index (κ3) is 5.73. The van der Waals surface area contributed by atoms with Crippen molar-refractivity contribution in [1.29, 1.82) is 0 Å². The predicted molar refractivity (Wildman–Crippen MR) is 167 cm³/mol. The maximum Gasteiger partial charge on any atom is 0.262 e. The second-order valence-electron chi connectivity index (χ2n) is 13.5. The molecule has 4 aliphatic rings. The van der Waals surface area contributed by atoms with Gasteiger partial charge in [-0.1, -0.05) is 26.8 Å². The molecule has 0 unspecified atom stereocenters. The van der Waals surface area contributed by atoms with Gasteiger partial charge < -0.3 is 20.3 Å². The van der Waals surface area contributed by atoms with E-state index in [1.807, 2.05) is 0 Å². The molecule has 3 saturated carbocycles. The van der Waals surface area contributed by atoms with Gasteiger partial charge in [-0.05, 0) is 80.0 Å². The number of aryl methyl sites for hydroxylation is 2. The van der Waals surface area contributed by atoms with Crippen molar-refractivity contribution in [2.24, 2.45) is 28.2 Å². The topological polar surface area (TPSA) is 96.7 Å². The summed E-state index contributed by atoms with van der Waals surface area (Å²) in [6, 6.07) is 9.33. The van der Waals surface area contributed by atoms with Crippen LogP contribution in [0.1, 0.15) is 53.0 Å². The molecule has 1 aromatic carbocycles. The number of hydrogen-bond donors (Lipinski definition) is 2. The van der Waals surface area contributed by atoms with Crippen molar-refractivity contribution in [3.8, 4) is 5.75 Å². The summed E-state index contributed by atoms with van der Waals surface area (Å²) >= 11 is 0. The SMILES string of the molecule is COc1ccc(CCn2cnc3nc(N=C(N[C@H]4C[C@@H]5C[C@@H]([C@H]4C)C5(C)C)N4C[C@@H](C)N[C@@H](C)C4)ccc3c2=O)c(F)c1. The van der Waals surface area contributed by atoms with Gasteiger partial charge in [0, 0.05) is 43.8 Å². The van der Waals surface area contributed by atoms with Crippen LogP contribution in [0.5, 0.6) is 5.75 Å². The molecule has 2 N–H and O–H groups in total. The van der Waals surface area contributed by atoms with Gasteiger partial charge in [-0.25, -0.2) is 14.4 Å². The largest absolute Gasteiger partial charge is 0.497 e. The number of piperazine rings is 1. The van der Waals surface area contributed by atoms with Crippen molar-refractivity contribution in [3.05, 3.63) is 58.4 Å². The van der Waals surface area contributed by atoms with E-state index in [1.165, 1.54) is 30.5 Å². The smallest absolute Gasteiger partial charge is 0.262 e. The molecule has 0 amide bonds. The molecule has 3 aromatic rings. The first-order chi connectivity index (χ1) is 20.5. The zero-order chi connectivity index (χ0) is 30.5. The Kier molecular flexibility index (Phi) is 7.91. The van der Waals surface area contributed by atoms with E-state index in [2.05, 4.69) is 55.1 Å². The summed E-state index contributed by atoms with van der Waals surface area (Å²) in [4.78, 5) is 29.8. The molecule has 1 saturated heterocycles. The molecule has 230 valence electrons. The zero-order valence-electron chi connectivity index (χ0n) is 26.1. The van der Waals surface area contributed by atoms with Gasteiger partial charge in [-0.2, -0.15) is 4.99 Å². The summed E-state index contributed by atoms with van der Waals surface area (Å²) in [6.07, 6.45) is 4.31. The Morgan fingerprint density at radius 2 is 1.93 bits per heavy atom. The minimum Gasteiger partial charge on any atom is -0.497 e. The fourth-order valence-corrected chi connectivity index (χ4v) is 7.66. The number of hydrogen-bond acceptors (Lipinski definition) is 6. The van der Waals surface area contributed by atoms with E-state index < -0.39 is 0 Å². The van der Waals surface area contributed by atoms with E-state index in [1.54, 1.807) is 24.3 Å². The van der Waals surface area contributed by atoms with Crippen molar-refractivity contribution in [2.75, 3.05) is 20.2 Å². The molecule has 3 heterocycles. The van der Waals surface area contributed by atoms with Gasteiger partial charge in [-0.3, -0.25) is 9.36 Å². The third-order valence-electron chi connectivity index (χ3n) is 10.3. The molecule has 10 heteroatoms. The van der Waals surface area contributed by atoms with Crippen LogP contribution in [0.2, 0.25) is 0 Å². The number of ether oxygens (including phenoxy) is 1. The first-order valence-electron chi connectivity index (χ1n) is 15.6. The van der Waals surface area contributed by atoms with E-state index in [0.717, 1.165) is 37.3 Å². The Labute approximate surface area is 253 Å². The number of pyridine rings is 1. The van der Waals surface area contributed by atoms with Gasteiger partial charge >= 0.3 is 0 Å². The van der Waals surface area contributed by atoms with Crippen LogP contribution in [-0.4, -0.2) is 63.7 Å². The molecule has 2 bridgehead atoms. The van der Waals surface area contributed by atoms with Crippen LogP contribution in [0.3, 0.4) is 0 Å². The van der Waals surface area contributed by atoms with Gasteiger partial charge in [0.1, 0.15) is 11.6 Å². The van der Waals surface area contributed by atoms with Crippen molar-refractivity contribution in [2.45, 2.75) is 78.6 Å². The third-order valence-corrected chi connectivity index (χ3v) is 10.3. The highest BCUT2D eigenvalue weighted by molar-refractivity contribution is 5.84. The highest BCUT2D eigenvalue weighted by Crippen LogP contribution is 2.61. The number of aromatic nitrogens is 3. The summed E-state index contributed by atoms with van der Waals surface area (Å²) in [6.45, 7) is 13.6. The summed E-state index contributed by atoms with van der Waals surface area (Å²) in [7, 11) is 1.50. The Bertz CT molecular complexity index is 1580. The van der Waals surface area contributed by atoms with Crippen LogP contribution in [0.15, 0.2) is 46.4 Å². The van der Waals surface area contributed by atoms with E-state index in [0.29, 0.717) is 70.6 Å². The molecule has 0 radical (unpaired) electrons. The highest BCUT2D eigenvalue weighted by atomic mass is 19.1. The summed E-state index contributed by atoms with van der Waals surface area (Å²) in [5.74, 6) is 3.48. The quantitative estimate of drug-likeness (QED) is 0.323. The molecule has 7 rings (SSSR count). The average molecular weight is 590 g/mol. The Hall–Kier alpha value is -3.53. The molecule has 3 aliphatic carbocycles. The number of nitrogens with zero attached hydrogens (tertiary/aromatic N) is 5. The number of halogens is 1. The average Bonchev–Trinajstić information content (AvgIpc) is 2.97. The lowest BCUT2D eigenvalue weighted by molar-refractivity contribution is -0.112. The van der Waals surface area contributed by atoms with Crippen LogP contribution in [0.25, 0.3) is 11.0 Å². The molecule has 6 atom stereocenters. The van der Waals surface area contributed by atoms with E-state index in [-0.39, 0.29) is 11.4 Å². The van der Waals surface area contributed by atoms with E-state index in [4.69, 9.17) is 14.7 Å². The lowest BCUT2D eigenvalue weighted by Gasteiger charge is -2.62. The van der Waals surface area contributed by atoms with Gasteiger partial charge in [0.2, 0.25) is 5.96 Å². The maximum absolute atomic E-state index is 14.4. The number of nitrogens with one attached hydrogen (secondary N) is 2. The molecular formula is C33H44FN7O2. The van der Waals surface area contributed by atoms with E-state index >= 15 is 0 Å². The number of aliphatic imine (C=N–C) groups is 1. The molecule has 4 fully saturated rings. The lowest BCUT2D eigenvalue weighted by atomic mass is 9.45. The number of methoxy groups -OCH3 is 1. The first-order valence-corrected chi connectivity index (χ1v) is 15.6. The molecule has 0 spiro atoms. The second-order valence-corrected chi connectivity index (χ2v) is 13.5. The number of benzene rings is 1. The van der Waals surface area contributed by atoms with Gasteiger partial charge in [0.25, 0.3) is 5.56 Å². The highest BCUT2D eigenvalue weighted by Gasteiger charge is 2.56. The van der Waals surface area contributed by atoms with Gasteiger partial charge in [0.15, 0.2) is 11.5 Å². The minimum absolute atomic E-state index is 0.206. The fourth-order valence-electron chi connectivity index (χ4n) is 7.66. The molecule has 2 aromatic heterocycles. The minimum atomic E-state index is -0.355. The van der Waals surface area contributed by atoms with Gasteiger partial charge in [0.05, 0.1) is 18.8 Å². The van der Waals surface area contributed by atoms with E-state index in [9.17, 15) is 9.18 Å². The van der Waals surface area contributed by atoms with Crippen molar-refractivity contribution in [3.63, 3.8) is 0 Å². The van der Waals surface area contributed by atoms with Crippen molar-refractivity contribution < 1.29 is 9.13 Å². The number of guanidine groups is 1. The van der Waals surface area contributed by atoms with Crippen LogP contribution >= 0.6 is 0 Å². The van der Waals surface area contributed by atoms with Crippen LogP contribution in [0, 0.1) is 29.0 Å². The first kappa shape index (κ1) is 29.5. The summed E-state index contributed by atoms with van der Waals surface area (Å²) < 4.78 is 21.0. The van der Waals surface area contributed by atoms with Gasteiger partial charge in [-0.15, -0.1) is 0 Å². The summed E-state index contributed by atoms with van der Waals surface area (Å²) in [5, 5.41) is 7.89. The Morgan fingerprint density at radius 1 is 1.16 bits per heavy atom.